The Morgan fingerprint density at radius 2 is 1.47 bits per heavy atom. The molecule has 1 N–H and O–H groups in total. The Morgan fingerprint density at radius 1 is 0.947 bits per heavy atom. The summed E-state index contributed by atoms with van der Waals surface area (Å²) in [5.74, 6) is 1.34. The van der Waals surface area contributed by atoms with Gasteiger partial charge in [0.25, 0.3) is 5.84 Å². The molecule has 2 rings (SSSR count). The van der Waals surface area contributed by atoms with E-state index in [1.165, 1.54) is 25.7 Å². The second-order valence-corrected chi connectivity index (χ2v) is 6.61. The number of fused-ring (bicyclic) bond motifs is 1. The third-order valence-electron chi connectivity index (χ3n) is 2.84. The van der Waals surface area contributed by atoms with Crippen LogP contribution in [-0.2, 0) is 0 Å². The van der Waals surface area contributed by atoms with Gasteiger partial charge >= 0.3 is 33.0 Å². The number of hydrogen-bond acceptors (Lipinski definition) is 1. The SMILES string of the molecule is F[N+]1=C2NCCCCC2CCC1.F[P-](F)(F)(F)(F)F. The summed E-state index contributed by atoms with van der Waals surface area (Å²) in [5, 5.41) is 3.20. The van der Waals surface area contributed by atoms with E-state index in [1.807, 2.05) is 0 Å². The molecular weight excluding hydrogens is 300 g/mol. The van der Waals surface area contributed by atoms with Gasteiger partial charge in [-0.25, -0.2) is 0 Å². The third-order valence-corrected chi connectivity index (χ3v) is 2.84. The molecule has 2 aliphatic heterocycles. The Labute approximate surface area is 105 Å². The van der Waals surface area contributed by atoms with Gasteiger partial charge in [0.05, 0.1) is 12.5 Å². The summed E-state index contributed by atoms with van der Waals surface area (Å²) in [7, 11) is -10.7. The first-order valence-electron chi connectivity index (χ1n) is 5.93. The zero-order chi connectivity index (χ0) is 14.8. The molecule has 2 nitrogen and oxygen atoms in total. The van der Waals surface area contributed by atoms with Gasteiger partial charge in [-0.2, -0.15) is 0 Å². The van der Waals surface area contributed by atoms with Crippen LogP contribution in [0, 0.1) is 5.92 Å². The summed E-state index contributed by atoms with van der Waals surface area (Å²) in [5.41, 5.74) is 0. The molecular formula is C9H16F7N2P. The maximum atomic E-state index is 13.2. The van der Waals surface area contributed by atoms with Gasteiger partial charge in [-0.3, -0.25) is 5.32 Å². The molecule has 0 spiro atoms. The fourth-order valence-corrected chi connectivity index (χ4v) is 2.18. The van der Waals surface area contributed by atoms with Crippen LogP contribution in [0.5, 0.6) is 0 Å². The molecule has 0 amide bonds. The summed E-state index contributed by atoms with van der Waals surface area (Å²) in [4.78, 5) is 0.916. The fourth-order valence-electron chi connectivity index (χ4n) is 2.18. The molecule has 0 saturated carbocycles. The quantitative estimate of drug-likeness (QED) is 0.384. The zero-order valence-electron chi connectivity index (χ0n) is 10.1. The van der Waals surface area contributed by atoms with E-state index in [0.29, 0.717) is 12.5 Å². The number of nitrogens with one attached hydrogen (secondary N) is 1. The Bertz CT molecular complexity index is 349. The van der Waals surface area contributed by atoms with E-state index >= 15 is 0 Å². The molecule has 2 aliphatic rings. The molecule has 19 heavy (non-hydrogen) atoms. The molecule has 1 saturated heterocycles. The molecule has 0 aromatic carbocycles. The van der Waals surface area contributed by atoms with Crippen molar-refractivity contribution < 1.29 is 34.5 Å². The standard InChI is InChI=1S/C9H15FN2.F6P/c10-12-7-3-5-8-4-1-2-6-11-9(8)12;1-7(2,3,4,5)6/h8H,1-7H2;/q;-1/p+1. The normalized spacial score (nSPS) is 27.8. The number of rotatable bonds is 0. The Balaban J connectivity index is 0.000000224. The molecule has 0 aliphatic carbocycles. The van der Waals surface area contributed by atoms with Crippen LogP contribution in [0.15, 0.2) is 0 Å². The van der Waals surface area contributed by atoms with Gasteiger partial charge in [0.1, 0.15) is 6.54 Å². The third kappa shape index (κ3) is 9.02. The first-order valence-corrected chi connectivity index (χ1v) is 7.96. The molecule has 0 radical (unpaired) electrons. The molecule has 0 aromatic heterocycles. The van der Waals surface area contributed by atoms with Gasteiger partial charge in [-0.1, -0.05) is 4.80 Å². The second kappa shape index (κ2) is 4.75. The topological polar surface area (TPSA) is 15.0 Å². The van der Waals surface area contributed by atoms with Crippen molar-refractivity contribution in [3.05, 3.63) is 0 Å². The van der Waals surface area contributed by atoms with Crippen LogP contribution in [0.4, 0.5) is 29.7 Å². The number of hydrogen-bond donors (Lipinski definition) is 1. The van der Waals surface area contributed by atoms with Gasteiger partial charge in [0.2, 0.25) is 0 Å². The number of halogens is 7. The molecule has 116 valence electrons. The molecule has 0 aromatic rings. The van der Waals surface area contributed by atoms with Crippen LogP contribution in [0.2, 0.25) is 0 Å². The van der Waals surface area contributed by atoms with E-state index in [1.54, 1.807) is 0 Å². The predicted molar refractivity (Wildman–Crippen MR) is 59.4 cm³/mol. The summed E-state index contributed by atoms with van der Waals surface area (Å²) >= 11 is 0. The second-order valence-electron chi connectivity index (χ2n) is 4.69. The Kier molecular flexibility index (Phi) is 4.12. The Hall–Kier alpha value is -0.590. The van der Waals surface area contributed by atoms with Crippen molar-refractivity contribution in [2.75, 3.05) is 13.1 Å². The summed E-state index contributed by atoms with van der Waals surface area (Å²) in [6, 6.07) is 0. The summed E-state index contributed by atoms with van der Waals surface area (Å²) < 4.78 is 72.4. The van der Waals surface area contributed by atoms with Crippen molar-refractivity contribution in [2.24, 2.45) is 5.92 Å². The van der Waals surface area contributed by atoms with Crippen molar-refractivity contribution in [1.29, 1.82) is 0 Å². The molecule has 2 heterocycles. The van der Waals surface area contributed by atoms with Crippen molar-refractivity contribution in [1.82, 2.24) is 5.32 Å². The van der Waals surface area contributed by atoms with E-state index in [9.17, 15) is 29.7 Å². The van der Waals surface area contributed by atoms with E-state index < -0.39 is 7.81 Å². The number of amidine groups is 1. The molecule has 1 fully saturated rings. The fraction of sp³-hybridized carbons (Fsp3) is 0.889. The first-order chi connectivity index (χ1) is 8.33. The van der Waals surface area contributed by atoms with E-state index in [0.717, 1.165) is 23.6 Å². The average Bonchev–Trinajstić information content (AvgIpc) is 2.38. The van der Waals surface area contributed by atoms with Crippen LogP contribution in [0.3, 0.4) is 0 Å². The van der Waals surface area contributed by atoms with Crippen LogP contribution < -0.4 is 5.32 Å². The van der Waals surface area contributed by atoms with E-state index in [4.69, 9.17) is 0 Å². The molecule has 0 bridgehead atoms. The van der Waals surface area contributed by atoms with Crippen LogP contribution in [0.25, 0.3) is 0 Å². The average molecular weight is 316 g/mol. The van der Waals surface area contributed by atoms with Gasteiger partial charge in [-0.15, -0.1) is 0 Å². The van der Waals surface area contributed by atoms with Gasteiger partial charge in [0, 0.05) is 0 Å². The van der Waals surface area contributed by atoms with E-state index in [2.05, 4.69) is 5.32 Å². The zero-order valence-corrected chi connectivity index (χ0v) is 11.0. The minimum atomic E-state index is -10.7. The monoisotopic (exact) mass is 316 g/mol. The van der Waals surface area contributed by atoms with Crippen molar-refractivity contribution in [3.8, 4) is 0 Å². The van der Waals surface area contributed by atoms with Gasteiger partial charge < -0.3 is 0 Å². The summed E-state index contributed by atoms with van der Waals surface area (Å²) in [6.07, 6.45) is 5.78. The minimum absolute atomic E-state index is 0.478. The van der Waals surface area contributed by atoms with E-state index in [-0.39, 0.29) is 0 Å². The first kappa shape index (κ1) is 16.5. The number of nitrogens with zero attached hydrogens (tertiary/aromatic N) is 1. The van der Waals surface area contributed by atoms with Gasteiger partial charge in [-0.05, 0) is 36.6 Å². The van der Waals surface area contributed by atoms with Gasteiger partial charge in [0.15, 0.2) is 0 Å². The molecule has 10 heteroatoms. The molecule has 1 atom stereocenters. The van der Waals surface area contributed by atoms with Crippen LogP contribution in [0.1, 0.15) is 32.1 Å². The van der Waals surface area contributed by atoms with Crippen molar-refractivity contribution >= 4 is 13.6 Å². The van der Waals surface area contributed by atoms with Crippen LogP contribution in [-0.4, -0.2) is 23.7 Å². The van der Waals surface area contributed by atoms with Crippen molar-refractivity contribution in [3.63, 3.8) is 0 Å². The summed E-state index contributed by atoms with van der Waals surface area (Å²) in [6.45, 7) is 1.53. The molecule has 1 unspecified atom stereocenters. The predicted octanol–water partition coefficient (Wildman–Crippen LogP) is 4.85. The van der Waals surface area contributed by atoms with Crippen molar-refractivity contribution in [2.45, 2.75) is 32.1 Å². The van der Waals surface area contributed by atoms with Crippen LogP contribution >= 0.6 is 7.81 Å². The Morgan fingerprint density at radius 3 is 2.05 bits per heavy atom. The maximum absolute atomic E-state index is 13.2.